The fraction of sp³-hybridized carbons (Fsp3) is 0.931. The molecule has 0 bridgehead atoms. The van der Waals surface area contributed by atoms with Gasteiger partial charge in [0.25, 0.3) is 0 Å². The summed E-state index contributed by atoms with van der Waals surface area (Å²) >= 11 is 6.32. The second kappa shape index (κ2) is 12.4. The van der Waals surface area contributed by atoms with Crippen LogP contribution in [-0.4, -0.2) is 72.3 Å². The molecule has 5 heteroatoms. The molecule has 3 rings (SSSR count). The van der Waals surface area contributed by atoms with Gasteiger partial charge in [-0.3, -0.25) is 4.90 Å². The van der Waals surface area contributed by atoms with Crippen LogP contribution in [0.1, 0.15) is 87.0 Å². The minimum Gasteiger partial charge on any atom is -0.360 e. The van der Waals surface area contributed by atoms with E-state index < -0.39 is 0 Å². The molecule has 34 heavy (non-hydrogen) atoms. The monoisotopic (exact) mass is 495 g/mol. The van der Waals surface area contributed by atoms with E-state index in [2.05, 4.69) is 75.7 Å². The Morgan fingerprint density at radius 1 is 1.09 bits per heavy atom. The molecule has 0 aromatic rings. The van der Waals surface area contributed by atoms with Crippen molar-refractivity contribution >= 4 is 11.6 Å². The fourth-order valence-electron chi connectivity index (χ4n) is 6.47. The molecule has 2 heterocycles. The third-order valence-electron chi connectivity index (χ3n) is 8.56. The van der Waals surface area contributed by atoms with Crippen molar-refractivity contribution in [1.82, 2.24) is 15.1 Å². The maximum Gasteiger partial charge on any atom is 0.0999 e. The molecular formula is C29H54ClN3O. The lowest BCUT2D eigenvalue weighted by Crippen LogP contribution is -2.53. The summed E-state index contributed by atoms with van der Waals surface area (Å²) in [6, 6.07) is 1.22. The summed E-state index contributed by atoms with van der Waals surface area (Å²) in [4.78, 5) is 5.29. The Morgan fingerprint density at radius 3 is 2.47 bits per heavy atom. The van der Waals surface area contributed by atoms with Crippen molar-refractivity contribution in [2.75, 3.05) is 39.5 Å². The number of hydrogen-bond donors (Lipinski definition) is 1. The molecule has 5 atom stereocenters. The van der Waals surface area contributed by atoms with Gasteiger partial charge in [-0.25, -0.2) is 0 Å². The smallest absolute Gasteiger partial charge is 0.0999 e. The van der Waals surface area contributed by atoms with Crippen LogP contribution in [0.3, 0.4) is 0 Å². The number of ether oxygens (including phenoxy) is 1. The molecule has 2 aliphatic heterocycles. The van der Waals surface area contributed by atoms with E-state index in [1.807, 2.05) is 0 Å². The van der Waals surface area contributed by atoms with Gasteiger partial charge in [0, 0.05) is 31.7 Å². The van der Waals surface area contributed by atoms with Crippen LogP contribution in [0.4, 0.5) is 0 Å². The van der Waals surface area contributed by atoms with E-state index in [0.717, 1.165) is 25.6 Å². The first-order valence-corrected chi connectivity index (χ1v) is 14.5. The summed E-state index contributed by atoms with van der Waals surface area (Å²) in [6.07, 6.45) is 12.2. The van der Waals surface area contributed by atoms with Crippen molar-refractivity contribution in [3.05, 3.63) is 12.2 Å². The Labute approximate surface area is 216 Å². The average Bonchev–Trinajstić information content (AvgIpc) is 3.19. The number of halogens is 1. The summed E-state index contributed by atoms with van der Waals surface area (Å²) < 4.78 is 6.07. The zero-order valence-corrected chi connectivity index (χ0v) is 24.0. The standard InChI is InChI=1S/C29H54ClN3O/c1-22(2)27(31-16-14-25-9-8-17-33(25)21-34-28(3,4)5)19-32-18-15-26(29(6,7)20-32)23-10-12-24(30)13-11-23/h10,12,22-27,31H,8-9,11,13-21H2,1-7H3/t23?,24?,25-,26?,27-/m0/s1. The number of alkyl halides is 1. The quantitative estimate of drug-likeness (QED) is 0.290. The maximum atomic E-state index is 6.32. The van der Waals surface area contributed by atoms with Gasteiger partial charge in [-0.15, -0.1) is 11.6 Å². The lowest BCUT2D eigenvalue weighted by atomic mass is 9.65. The van der Waals surface area contributed by atoms with Crippen LogP contribution in [0.5, 0.6) is 0 Å². The Hall–Kier alpha value is -0.130. The van der Waals surface area contributed by atoms with Crippen LogP contribution in [0.2, 0.25) is 0 Å². The number of hydrogen-bond acceptors (Lipinski definition) is 4. The van der Waals surface area contributed by atoms with Gasteiger partial charge < -0.3 is 15.0 Å². The summed E-state index contributed by atoms with van der Waals surface area (Å²) in [5.74, 6) is 2.13. The molecule has 0 aromatic carbocycles. The Bertz CT molecular complexity index is 644. The molecule has 0 amide bonds. The van der Waals surface area contributed by atoms with E-state index in [4.69, 9.17) is 16.3 Å². The molecule has 1 aliphatic carbocycles. The number of allylic oxidation sites excluding steroid dienone is 2. The first-order chi connectivity index (χ1) is 15.9. The van der Waals surface area contributed by atoms with Gasteiger partial charge in [-0.2, -0.15) is 0 Å². The molecule has 4 nitrogen and oxygen atoms in total. The van der Waals surface area contributed by atoms with Gasteiger partial charge in [0.1, 0.15) is 0 Å². The third-order valence-corrected chi connectivity index (χ3v) is 8.92. The van der Waals surface area contributed by atoms with Crippen LogP contribution in [0.15, 0.2) is 12.2 Å². The van der Waals surface area contributed by atoms with Gasteiger partial charge in [0.15, 0.2) is 0 Å². The number of nitrogens with zero attached hydrogens (tertiary/aromatic N) is 2. The lowest BCUT2D eigenvalue weighted by Gasteiger charge is -2.48. The van der Waals surface area contributed by atoms with Gasteiger partial charge in [-0.1, -0.05) is 39.8 Å². The van der Waals surface area contributed by atoms with Gasteiger partial charge >= 0.3 is 0 Å². The zero-order valence-electron chi connectivity index (χ0n) is 23.3. The van der Waals surface area contributed by atoms with Crippen LogP contribution >= 0.6 is 11.6 Å². The molecule has 0 radical (unpaired) electrons. The van der Waals surface area contributed by atoms with Crippen molar-refractivity contribution in [3.63, 3.8) is 0 Å². The first kappa shape index (κ1) is 28.4. The SMILES string of the molecule is CC(C)[C@H](CN1CCC(C2C=CC(Cl)CC2)C(C)(C)C1)NCC[C@@H]1CCCN1COC(C)(C)C. The highest BCUT2D eigenvalue weighted by Gasteiger charge is 2.40. The molecular weight excluding hydrogens is 442 g/mol. The van der Waals surface area contributed by atoms with Gasteiger partial charge in [0.2, 0.25) is 0 Å². The zero-order chi connectivity index (χ0) is 24.9. The number of likely N-dealkylation sites (tertiary alicyclic amines) is 2. The van der Waals surface area contributed by atoms with E-state index >= 15 is 0 Å². The summed E-state index contributed by atoms with van der Waals surface area (Å²) in [5, 5.41) is 4.21. The van der Waals surface area contributed by atoms with Gasteiger partial charge in [-0.05, 0) is 95.6 Å². The van der Waals surface area contributed by atoms with E-state index in [-0.39, 0.29) is 11.0 Å². The Morgan fingerprint density at radius 2 is 1.85 bits per heavy atom. The highest BCUT2D eigenvalue weighted by Crippen LogP contribution is 2.43. The first-order valence-electron chi connectivity index (χ1n) is 14.1. The minimum atomic E-state index is -0.0604. The molecule has 2 saturated heterocycles. The van der Waals surface area contributed by atoms with Crippen LogP contribution in [0.25, 0.3) is 0 Å². The highest BCUT2D eigenvalue weighted by molar-refractivity contribution is 6.21. The fourth-order valence-corrected chi connectivity index (χ4v) is 6.68. The van der Waals surface area contributed by atoms with Crippen molar-refractivity contribution < 1.29 is 4.74 Å². The normalized spacial score (nSPS) is 31.9. The molecule has 1 N–H and O–H groups in total. The van der Waals surface area contributed by atoms with Crippen LogP contribution < -0.4 is 5.32 Å². The van der Waals surface area contributed by atoms with Crippen LogP contribution in [-0.2, 0) is 4.74 Å². The number of rotatable bonds is 10. The van der Waals surface area contributed by atoms with Crippen molar-refractivity contribution in [2.45, 2.75) is 110 Å². The summed E-state index contributed by atoms with van der Waals surface area (Å²) in [7, 11) is 0. The minimum absolute atomic E-state index is 0.0604. The summed E-state index contributed by atoms with van der Waals surface area (Å²) in [5.41, 5.74) is 0.292. The van der Waals surface area contributed by atoms with Crippen molar-refractivity contribution in [3.8, 4) is 0 Å². The second-order valence-electron chi connectivity index (χ2n) is 13.3. The number of piperidine rings is 1. The van der Waals surface area contributed by atoms with E-state index in [9.17, 15) is 0 Å². The molecule has 0 saturated carbocycles. The average molecular weight is 496 g/mol. The van der Waals surface area contributed by atoms with Gasteiger partial charge in [0.05, 0.1) is 17.7 Å². The van der Waals surface area contributed by atoms with Crippen LogP contribution in [0, 0.1) is 23.2 Å². The summed E-state index contributed by atoms with van der Waals surface area (Å²) in [6.45, 7) is 22.9. The molecule has 2 fully saturated rings. The second-order valence-corrected chi connectivity index (χ2v) is 13.9. The third kappa shape index (κ3) is 8.47. The maximum absolute atomic E-state index is 6.32. The van der Waals surface area contributed by atoms with E-state index in [1.165, 1.54) is 58.3 Å². The molecule has 3 unspecified atom stereocenters. The molecule has 198 valence electrons. The Balaban J connectivity index is 1.45. The molecule has 0 aromatic heterocycles. The van der Waals surface area contributed by atoms with Crippen molar-refractivity contribution in [2.24, 2.45) is 23.2 Å². The highest BCUT2D eigenvalue weighted by atomic mass is 35.5. The topological polar surface area (TPSA) is 27.7 Å². The lowest BCUT2D eigenvalue weighted by molar-refractivity contribution is -0.0677. The molecule has 3 aliphatic rings. The molecule has 0 spiro atoms. The van der Waals surface area contributed by atoms with E-state index in [1.54, 1.807) is 0 Å². The predicted molar refractivity (Wildman–Crippen MR) is 147 cm³/mol. The van der Waals surface area contributed by atoms with Crippen molar-refractivity contribution in [1.29, 1.82) is 0 Å². The predicted octanol–water partition coefficient (Wildman–Crippen LogP) is 6.15. The van der Waals surface area contributed by atoms with E-state index in [0.29, 0.717) is 29.3 Å². The largest absolute Gasteiger partial charge is 0.360 e. The number of nitrogens with one attached hydrogen (secondary N) is 1. The Kier molecular flexibility index (Phi) is 10.4.